The quantitative estimate of drug-likeness (QED) is 0.330. The van der Waals surface area contributed by atoms with Crippen LogP contribution in [0.3, 0.4) is 0 Å². The van der Waals surface area contributed by atoms with Crippen LogP contribution in [-0.4, -0.2) is 0 Å². The third-order valence-electron chi connectivity index (χ3n) is 4.22. The van der Waals surface area contributed by atoms with E-state index in [1.165, 1.54) is 42.4 Å². The molecule has 0 unspecified atom stereocenters. The van der Waals surface area contributed by atoms with Crippen molar-refractivity contribution in [3.8, 4) is 6.07 Å². The van der Waals surface area contributed by atoms with E-state index in [4.69, 9.17) is 5.26 Å². The molecule has 0 amide bonds. The SMILES string of the molecule is C=C(CCC)/C(C)=C/C(=C/c1ccc(C#N)cc1)CCCCCC. The molecule has 0 atom stereocenters. The van der Waals surface area contributed by atoms with Gasteiger partial charge in [-0.25, -0.2) is 0 Å². The van der Waals surface area contributed by atoms with Crippen LogP contribution in [0.1, 0.15) is 76.8 Å². The van der Waals surface area contributed by atoms with Gasteiger partial charge in [0.2, 0.25) is 0 Å². The summed E-state index contributed by atoms with van der Waals surface area (Å²) >= 11 is 0. The summed E-state index contributed by atoms with van der Waals surface area (Å²) in [6, 6.07) is 9.98. The van der Waals surface area contributed by atoms with E-state index in [9.17, 15) is 0 Å². The number of rotatable bonds is 10. The molecule has 0 fully saturated rings. The first-order valence-electron chi connectivity index (χ1n) is 9.17. The highest BCUT2D eigenvalue weighted by Crippen LogP contribution is 2.21. The van der Waals surface area contributed by atoms with Crippen molar-refractivity contribution in [2.75, 3.05) is 0 Å². The lowest BCUT2D eigenvalue weighted by molar-refractivity contribution is 0.669. The van der Waals surface area contributed by atoms with Crippen LogP contribution in [0.4, 0.5) is 0 Å². The molecule has 0 spiro atoms. The van der Waals surface area contributed by atoms with Crippen LogP contribution in [0, 0.1) is 11.3 Å². The maximum atomic E-state index is 8.92. The highest BCUT2D eigenvalue weighted by molar-refractivity contribution is 5.58. The van der Waals surface area contributed by atoms with Crippen LogP contribution in [0.5, 0.6) is 0 Å². The standard InChI is InChI=1S/C23H31N/c1-5-7-8-9-11-23(16-20(4)19(3)10-6-2)17-21-12-14-22(18-24)15-13-21/h12-17H,3,5-11H2,1-2,4H3/b20-16+,23-17+. The minimum absolute atomic E-state index is 0.708. The predicted octanol–water partition coefficient (Wildman–Crippen LogP) is 7.21. The lowest BCUT2D eigenvalue weighted by atomic mass is 9.97. The largest absolute Gasteiger partial charge is 0.192 e. The fourth-order valence-corrected chi connectivity index (χ4v) is 2.69. The maximum absolute atomic E-state index is 8.92. The first kappa shape index (κ1) is 20.0. The molecular weight excluding hydrogens is 290 g/mol. The van der Waals surface area contributed by atoms with Crippen LogP contribution in [0.25, 0.3) is 6.08 Å². The second-order valence-electron chi connectivity index (χ2n) is 6.44. The monoisotopic (exact) mass is 321 g/mol. The van der Waals surface area contributed by atoms with Gasteiger partial charge >= 0.3 is 0 Å². The molecule has 128 valence electrons. The summed E-state index contributed by atoms with van der Waals surface area (Å²) in [5.74, 6) is 0. The number of allylic oxidation sites excluding steroid dienone is 4. The molecule has 0 aliphatic rings. The second-order valence-corrected chi connectivity index (χ2v) is 6.44. The van der Waals surface area contributed by atoms with Crippen molar-refractivity contribution in [1.82, 2.24) is 0 Å². The Hall–Kier alpha value is -2.07. The first-order chi connectivity index (χ1) is 11.6. The smallest absolute Gasteiger partial charge is 0.0991 e. The third-order valence-corrected chi connectivity index (χ3v) is 4.22. The van der Waals surface area contributed by atoms with Gasteiger partial charge in [-0.1, -0.05) is 76.0 Å². The van der Waals surface area contributed by atoms with Crippen molar-refractivity contribution in [2.45, 2.75) is 65.7 Å². The van der Waals surface area contributed by atoms with Crippen molar-refractivity contribution in [3.63, 3.8) is 0 Å². The fraction of sp³-hybridized carbons (Fsp3) is 0.435. The van der Waals surface area contributed by atoms with E-state index in [-0.39, 0.29) is 0 Å². The molecule has 1 aromatic carbocycles. The fourth-order valence-electron chi connectivity index (χ4n) is 2.69. The highest BCUT2D eigenvalue weighted by Gasteiger charge is 2.01. The maximum Gasteiger partial charge on any atom is 0.0991 e. The van der Waals surface area contributed by atoms with Crippen LogP contribution in [-0.2, 0) is 0 Å². The highest BCUT2D eigenvalue weighted by atomic mass is 14.2. The van der Waals surface area contributed by atoms with Gasteiger partial charge in [-0.2, -0.15) is 5.26 Å². The number of nitrogens with zero attached hydrogens (tertiary/aromatic N) is 1. The Kier molecular flexibility index (Phi) is 9.54. The predicted molar refractivity (Wildman–Crippen MR) is 106 cm³/mol. The Morgan fingerprint density at radius 3 is 2.33 bits per heavy atom. The van der Waals surface area contributed by atoms with Crippen LogP contribution in [0.15, 0.2) is 53.6 Å². The molecule has 24 heavy (non-hydrogen) atoms. The number of nitriles is 1. The summed E-state index contributed by atoms with van der Waals surface area (Å²) in [6.07, 6.45) is 12.9. The summed E-state index contributed by atoms with van der Waals surface area (Å²) in [5.41, 5.74) is 5.74. The zero-order chi connectivity index (χ0) is 17.8. The summed E-state index contributed by atoms with van der Waals surface area (Å²) in [5, 5.41) is 8.92. The number of unbranched alkanes of at least 4 members (excludes halogenated alkanes) is 3. The molecule has 1 rings (SSSR count). The van der Waals surface area contributed by atoms with Crippen molar-refractivity contribution in [3.05, 3.63) is 64.8 Å². The van der Waals surface area contributed by atoms with E-state index in [1.807, 2.05) is 24.3 Å². The third kappa shape index (κ3) is 7.47. The van der Waals surface area contributed by atoms with Gasteiger partial charge in [-0.15, -0.1) is 0 Å². The molecule has 0 radical (unpaired) electrons. The molecule has 0 aromatic heterocycles. The lowest BCUT2D eigenvalue weighted by Crippen LogP contribution is -1.88. The molecular formula is C23H31N. The topological polar surface area (TPSA) is 23.8 Å². The number of hydrogen-bond donors (Lipinski definition) is 0. The zero-order valence-electron chi connectivity index (χ0n) is 15.6. The lowest BCUT2D eigenvalue weighted by Gasteiger charge is -2.08. The van der Waals surface area contributed by atoms with Crippen molar-refractivity contribution in [2.24, 2.45) is 0 Å². The normalized spacial score (nSPS) is 12.1. The zero-order valence-corrected chi connectivity index (χ0v) is 15.6. The minimum Gasteiger partial charge on any atom is -0.192 e. The van der Waals surface area contributed by atoms with Gasteiger partial charge in [0.25, 0.3) is 0 Å². The molecule has 1 nitrogen and oxygen atoms in total. The number of benzene rings is 1. The van der Waals surface area contributed by atoms with E-state index in [2.05, 4.69) is 45.6 Å². The summed E-state index contributed by atoms with van der Waals surface area (Å²) in [4.78, 5) is 0. The Morgan fingerprint density at radius 1 is 1.04 bits per heavy atom. The van der Waals surface area contributed by atoms with E-state index in [0.29, 0.717) is 5.56 Å². The van der Waals surface area contributed by atoms with Crippen molar-refractivity contribution < 1.29 is 0 Å². The number of hydrogen-bond acceptors (Lipinski definition) is 1. The van der Waals surface area contributed by atoms with E-state index in [1.54, 1.807) is 0 Å². The molecule has 0 saturated carbocycles. The van der Waals surface area contributed by atoms with E-state index < -0.39 is 0 Å². The summed E-state index contributed by atoms with van der Waals surface area (Å²) in [7, 11) is 0. The Bertz CT molecular complexity index is 608. The Morgan fingerprint density at radius 2 is 1.75 bits per heavy atom. The van der Waals surface area contributed by atoms with Crippen molar-refractivity contribution >= 4 is 6.08 Å². The average Bonchev–Trinajstić information content (AvgIpc) is 2.59. The van der Waals surface area contributed by atoms with Gasteiger partial charge in [0.1, 0.15) is 0 Å². The van der Waals surface area contributed by atoms with Crippen molar-refractivity contribution in [1.29, 1.82) is 5.26 Å². The van der Waals surface area contributed by atoms with Gasteiger partial charge in [-0.3, -0.25) is 0 Å². The molecule has 1 aromatic rings. The molecule has 0 heterocycles. The first-order valence-corrected chi connectivity index (χ1v) is 9.17. The van der Waals surface area contributed by atoms with Gasteiger partial charge < -0.3 is 0 Å². The molecule has 0 aliphatic heterocycles. The van der Waals surface area contributed by atoms with Gasteiger partial charge in [0.05, 0.1) is 11.6 Å². The summed E-state index contributed by atoms with van der Waals surface area (Å²) in [6.45, 7) is 10.8. The molecule has 0 N–H and O–H groups in total. The Labute approximate surface area is 148 Å². The van der Waals surface area contributed by atoms with Gasteiger partial charge in [0, 0.05) is 0 Å². The van der Waals surface area contributed by atoms with Crippen LogP contribution < -0.4 is 0 Å². The molecule has 0 saturated heterocycles. The molecule has 1 heteroatoms. The Balaban J connectivity index is 2.94. The molecule has 0 bridgehead atoms. The van der Waals surface area contributed by atoms with Crippen LogP contribution in [0.2, 0.25) is 0 Å². The molecule has 0 aliphatic carbocycles. The van der Waals surface area contributed by atoms with Gasteiger partial charge in [-0.05, 0) is 55.0 Å². The minimum atomic E-state index is 0.708. The summed E-state index contributed by atoms with van der Waals surface area (Å²) < 4.78 is 0. The van der Waals surface area contributed by atoms with Gasteiger partial charge in [0.15, 0.2) is 0 Å². The average molecular weight is 322 g/mol. The second kappa shape index (κ2) is 11.5. The van der Waals surface area contributed by atoms with E-state index >= 15 is 0 Å². The van der Waals surface area contributed by atoms with Crippen LogP contribution >= 0.6 is 0 Å². The van der Waals surface area contributed by atoms with E-state index in [0.717, 1.165) is 24.8 Å².